The number of fused-ring (bicyclic) bond motifs is 3. The number of carbonyl (C=O) groups excluding carboxylic acids is 1. The Morgan fingerprint density at radius 3 is 2.67 bits per heavy atom. The van der Waals surface area contributed by atoms with Crippen LogP contribution in [0, 0.1) is 5.82 Å². The molecule has 6 nitrogen and oxygen atoms in total. The van der Waals surface area contributed by atoms with Crippen molar-refractivity contribution in [3.8, 4) is 0 Å². The van der Waals surface area contributed by atoms with Gasteiger partial charge in [-0.25, -0.2) is 14.2 Å². The van der Waals surface area contributed by atoms with Crippen molar-refractivity contribution in [2.24, 2.45) is 0 Å². The fourth-order valence-electron chi connectivity index (χ4n) is 5.47. The van der Waals surface area contributed by atoms with Crippen molar-refractivity contribution < 1.29 is 9.18 Å². The van der Waals surface area contributed by atoms with Gasteiger partial charge in [-0.05, 0) is 49.1 Å². The van der Waals surface area contributed by atoms with E-state index < -0.39 is 0 Å². The van der Waals surface area contributed by atoms with Gasteiger partial charge < -0.3 is 20.9 Å². The van der Waals surface area contributed by atoms with Crippen molar-refractivity contribution in [1.82, 2.24) is 15.2 Å². The van der Waals surface area contributed by atoms with Gasteiger partial charge >= 0.3 is 6.03 Å². The van der Waals surface area contributed by atoms with E-state index in [-0.39, 0.29) is 23.4 Å². The van der Waals surface area contributed by atoms with Crippen LogP contribution < -0.4 is 16.0 Å². The molecule has 1 aromatic heterocycles. The van der Waals surface area contributed by atoms with Gasteiger partial charge in [-0.15, -0.1) is 0 Å². The van der Waals surface area contributed by atoms with Crippen LogP contribution in [0.2, 0.25) is 0 Å². The summed E-state index contributed by atoms with van der Waals surface area (Å²) in [6.07, 6.45) is 2.57. The van der Waals surface area contributed by atoms with Gasteiger partial charge in [0.25, 0.3) is 0 Å². The highest BCUT2D eigenvalue weighted by molar-refractivity contribution is 7.22. The fourth-order valence-corrected chi connectivity index (χ4v) is 6.43. The number of nitrogens with zero attached hydrogens (tertiary/aromatic N) is 2. The summed E-state index contributed by atoms with van der Waals surface area (Å²) in [5, 5.41) is 10.6. The summed E-state index contributed by atoms with van der Waals surface area (Å²) in [6.45, 7) is 2.61. The van der Waals surface area contributed by atoms with E-state index in [4.69, 9.17) is 4.98 Å². The molecule has 3 aromatic carbocycles. The Morgan fingerprint density at radius 1 is 1.06 bits per heavy atom. The van der Waals surface area contributed by atoms with Crippen LogP contribution in [0.3, 0.4) is 0 Å². The van der Waals surface area contributed by atoms with E-state index in [9.17, 15) is 9.18 Å². The largest absolute Gasteiger partial charge is 0.357 e. The molecule has 0 saturated carbocycles. The molecule has 8 heteroatoms. The van der Waals surface area contributed by atoms with Crippen molar-refractivity contribution in [3.05, 3.63) is 89.7 Å². The zero-order valence-electron chi connectivity index (χ0n) is 19.8. The molecule has 6 rings (SSSR count). The van der Waals surface area contributed by atoms with Crippen LogP contribution in [-0.4, -0.2) is 41.6 Å². The SMILES string of the molecule is O=C1Nc2ccccc2C2(CCN(CC(Cc3ccccc3)Nc3nc4ccc(F)cc4s3)CC2)N1. The van der Waals surface area contributed by atoms with Crippen molar-refractivity contribution in [3.63, 3.8) is 0 Å². The lowest BCUT2D eigenvalue weighted by molar-refractivity contribution is 0.133. The Balaban J connectivity index is 1.19. The molecule has 0 bridgehead atoms. The van der Waals surface area contributed by atoms with Crippen LogP contribution in [0.1, 0.15) is 24.0 Å². The minimum atomic E-state index is -0.325. The number of para-hydroxylation sites is 1. The van der Waals surface area contributed by atoms with Gasteiger partial charge in [-0.3, -0.25) is 0 Å². The van der Waals surface area contributed by atoms with Crippen LogP contribution in [0.4, 0.5) is 20.0 Å². The molecule has 0 aliphatic carbocycles. The van der Waals surface area contributed by atoms with E-state index in [0.717, 1.165) is 59.9 Å². The predicted octanol–water partition coefficient (Wildman–Crippen LogP) is 5.59. The Hall–Kier alpha value is -3.49. The number of aromatic nitrogens is 1. The van der Waals surface area contributed by atoms with Gasteiger partial charge in [-0.1, -0.05) is 59.9 Å². The first-order valence-corrected chi connectivity index (χ1v) is 13.2. The molecule has 1 saturated heterocycles. The maximum atomic E-state index is 13.7. The first-order valence-electron chi connectivity index (χ1n) is 12.3. The smallest absolute Gasteiger partial charge is 0.319 e. The van der Waals surface area contributed by atoms with E-state index in [1.807, 2.05) is 24.3 Å². The van der Waals surface area contributed by atoms with Gasteiger partial charge in [0.2, 0.25) is 0 Å². The number of nitrogens with one attached hydrogen (secondary N) is 3. The number of urea groups is 1. The number of amides is 2. The summed E-state index contributed by atoms with van der Waals surface area (Å²) < 4.78 is 14.5. The molecule has 3 N–H and O–H groups in total. The van der Waals surface area contributed by atoms with Gasteiger partial charge in [0.15, 0.2) is 5.13 Å². The van der Waals surface area contributed by atoms with Gasteiger partial charge in [0.05, 0.1) is 15.8 Å². The van der Waals surface area contributed by atoms with Crippen LogP contribution in [-0.2, 0) is 12.0 Å². The number of benzene rings is 3. The summed E-state index contributed by atoms with van der Waals surface area (Å²) in [5.74, 6) is -0.243. The summed E-state index contributed by atoms with van der Waals surface area (Å²) in [6, 6.07) is 23.3. The lowest BCUT2D eigenvalue weighted by Crippen LogP contribution is -2.57. The molecule has 184 valence electrons. The zero-order chi connectivity index (χ0) is 24.5. The highest BCUT2D eigenvalue weighted by Crippen LogP contribution is 2.39. The average molecular weight is 502 g/mol. The van der Waals surface area contributed by atoms with E-state index >= 15 is 0 Å². The number of piperidine rings is 1. The number of thiazole rings is 1. The topological polar surface area (TPSA) is 69.3 Å². The Kier molecular flexibility index (Phi) is 6.07. The van der Waals surface area contributed by atoms with Crippen molar-refractivity contribution in [2.75, 3.05) is 30.3 Å². The van der Waals surface area contributed by atoms with Crippen LogP contribution >= 0.6 is 11.3 Å². The Bertz CT molecular complexity index is 1380. The maximum Gasteiger partial charge on any atom is 0.319 e. The normalized spacial score (nSPS) is 17.9. The van der Waals surface area contributed by atoms with Gasteiger partial charge in [0, 0.05) is 36.9 Å². The standard InChI is InChI=1S/C28H28FN5OS/c29-20-10-11-24-25(17-20)36-27(32-24)30-21(16-19-6-2-1-3-7-19)18-34-14-12-28(13-15-34)22-8-4-5-9-23(22)31-26(35)33-28/h1-11,17,21H,12-16,18H2,(H,30,32)(H2,31,33,35). The van der Waals surface area contributed by atoms with Gasteiger partial charge in [0.1, 0.15) is 5.82 Å². The van der Waals surface area contributed by atoms with Crippen molar-refractivity contribution in [1.29, 1.82) is 0 Å². The first-order chi connectivity index (χ1) is 17.6. The highest BCUT2D eigenvalue weighted by atomic mass is 32.1. The number of hydrogen-bond donors (Lipinski definition) is 3. The second kappa shape index (κ2) is 9.52. The highest BCUT2D eigenvalue weighted by Gasteiger charge is 2.42. The molecule has 1 atom stereocenters. The maximum absolute atomic E-state index is 13.7. The number of anilines is 2. The molecule has 3 heterocycles. The van der Waals surface area contributed by atoms with E-state index in [1.165, 1.54) is 28.5 Å². The van der Waals surface area contributed by atoms with E-state index in [1.54, 1.807) is 12.1 Å². The predicted molar refractivity (Wildman–Crippen MR) is 143 cm³/mol. The molecule has 4 aromatic rings. The molecule has 2 amide bonds. The number of hydrogen-bond acceptors (Lipinski definition) is 5. The second-order valence-corrected chi connectivity index (χ2v) is 10.7. The molecule has 1 unspecified atom stereocenters. The van der Waals surface area contributed by atoms with Crippen LogP contribution in [0.25, 0.3) is 10.2 Å². The molecule has 36 heavy (non-hydrogen) atoms. The fraction of sp³-hybridized carbons (Fsp3) is 0.286. The third-order valence-corrected chi connectivity index (χ3v) is 8.18. The minimum Gasteiger partial charge on any atom is -0.357 e. The van der Waals surface area contributed by atoms with Crippen molar-refractivity contribution in [2.45, 2.75) is 30.8 Å². The summed E-state index contributed by atoms with van der Waals surface area (Å²) in [5.41, 5.74) is 3.82. The zero-order valence-corrected chi connectivity index (χ0v) is 20.7. The Morgan fingerprint density at radius 2 is 1.83 bits per heavy atom. The number of carbonyl (C=O) groups is 1. The molecule has 0 radical (unpaired) electrons. The molecular weight excluding hydrogens is 473 g/mol. The average Bonchev–Trinajstić information content (AvgIpc) is 3.27. The van der Waals surface area contributed by atoms with E-state index in [0.29, 0.717) is 0 Å². The number of likely N-dealkylation sites (tertiary alicyclic amines) is 1. The quantitative estimate of drug-likeness (QED) is 0.322. The van der Waals surface area contributed by atoms with Crippen molar-refractivity contribution >= 4 is 38.4 Å². The second-order valence-electron chi connectivity index (χ2n) is 9.67. The van der Waals surface area contributed by atoms with Crippen LogP contribution in [0.5, 0.6) is 0 Å². The molecule has 1 spiro atoms. The minimum absolute atomic E-state index is 0.127. The summed E-state index contributed by atoms with van der Waals surface area (Å²) in [4.78, 5) is 19.6. The van der Waals surface area contributed by atoms with Gasteiger partial charge in [-0.2, -0.15) is 0 Å². The molecule has 2 aliphatic rings. The Labute approximate surface area is 213 Å². The summed E-state index contributed by atoms with van der Waals surface area (Å²) in [7, 11) is 0. The lowest BCUT2D eigenvalue weighted by atomic mass is 9.79. The van der Waals surface area contributed by atoms with Crippen LogP contribution in [0.15, 0.2) is 72.8 Å². The summed E-state index contributed by atoms with van der Waals surface area (Å²) >= 11 is 1.49. The third-order valence-electron chi connectivity index (χ3n) is 7.23. The molecule has 2 aliphatic heterocycles. The monoisotopic (exact) mass is 501 g/mol. The van der Waals surface area contributed by atoms with E-state index in [2.05, 4.69) is 51.2 Å². The molecular formula is C28H28FN5OS. The first kappa shape index (κ1) is 22.9. The lowest BCUT2D eigenvalue weighted by Gasteiger charge is -2.46. The third kappa shape index (κ3) is 4.66. The molecule has 1 fully saturated rings. The number of halogens is 1. The number of rotatable bonds is 6.